The zero-order valence-corrected chi connectivity index (χ0v) is 15.4. The van der Waals surface area contributed by atoms with Crippen molar-refractivity contribution in [3.8, 4) is 5.75 Å². The molecule has 126 valence electrons. The van der Waals surface area contributed by atoms with Crippen LogP contribution in [0.1, 0.15) is 11.3 Å². The van der Waals surface area contributed by atoms with Crippen molar-refractivity contribution >= 4 is 50.4 Å². The number of aromatic nitrogens is 1. The summed E-state index contributed by atoms with van der Waals surface area (Å²) in [5.74, 6) is 0.0431. The quantitative estimate of drug-likeness (QED) is 0.583. The van der Waals surface area contributed by atoms with Crippen molar-refractivity contribution in [2.75, 3.05) is 19.5 Å². The highest BCUT2D eigenvalue weighted by Gasteiger charge is 2.08. The van der Waals surface area contributed by atoms with Gasteiger partial charge in [0.2, 0.25) is 5.91 Å². The Balaban J connectivity index is 1.95. The van der Waals surface area contributed by atoms with Crippen molar-refractivity contribution < 1.29 is 19.1 Å². The number of carbonyl (C=O) groups is 2. The minimum Gasteiger partial charge on any atom is -0.496 e. The van der Waals surface area contributed by atoms with Gasteiger partial charge in [0.1, 0.15) is 5.75 Å². The molecule has 0 aliphatic heterocycles. The molecule has 2 rings (SSSR count). The second-order valence-electron chi connectivity index (χ2n) is 4.61. The van der Waals surface area contributed by atoms with Crippen LogP contribution in [0.5, 0.6) is 5.75 Å². The van der Waals surface area contributed by atoms with Gasteiger partial charge in [0.25, 0.3) is 0 Å². The molecule has 0 atom stereocenters. The van der Waals surface area contributed by atoms with Gasteiger partial charge in [-0.2, -0.15) is 0 Å². The number of anilines is 1. The summed E-state index contributed by atoms with van der Waals surface area (Å²) in [5, 5.41) is 4.79. The Morgan fingerprint density at radius 1 is 1.38 bits per heavy atom. The van der Waals surface area contributed by atoms with E-state index in [4.69, 9.17) is 4.74 Å². The minimum absolute atomic E-state index is 0.0819. The van der Waals surface area contributed by atoms with E-state index in [1.807, 2.05) is 18.2 Å². The third kappa shape index (κ3) is 5.17. The molecule has 0 radical (unpaired) electrons. The number of rotatable bonds is 6. The van der Waals surface area contributed by atoms with E-state index in [2.05, 4.69) is 31.0 Å². The minimum atomic E-state index is -0.372. The first kappa shape index (κ1) is 18.2. The van der Waals surface area contributed by atoms with Crippen molar-refractivity contribution in [1.29, 1.82) is 0 Å². The third-order valence-electron chi connectivity index (χ3n) is 2.94. The van der Waals surface area contributed by atoms with Gasteiger partial charge >= 0.3 is 5.97 Å². The summed E-state index contributed by atoms with van der Waals surface area (Å²) in [6.07, 6.45) is 3.18. The molecular weight excluding hydrogens is 396 g/mol. The molecule has 1 heterocycles. The Hall–Kier alpha value is -2.19. The molecule has 0 aliphatic rings. The van der Waals surface area contributed by atoms with Crippen molar-refractivity contribution in [1.82, 2.24) is 4.98 Å². The molecule has 1 aromatic carbocycles. The van der Waals surface area contributed by atoms with E-state index in [1.165, 1.54) is 24.5 Å². The van der Waals surface area contributed by atoms with E-state index in [-0.39, 0.29) is 18.3 Å². The maximum absolute atomic E-state index is 11.9. The van der Waals surface area contributed by atoms with Gasteiger partial charge in [-0.1, -0.05) is 6.07 Å². The van der Waals surface area contributed by atoms with E-state index in [9.17, 15) is 9.59 Å². The maximum atomic E-state index is 11.9. The molecule has 2 aromatic rings. The fraction of sp³-hybridized carbons (Fsp3) is 0.188. The molecule has 0 aliphatic carbocycles. The zero-order valence-electron chi connectivity index (χ0n) is 13.0. The second-order valence-corrected chi connectivity index (χ2v) is 6.33. The number of nitrogens with one attached hydrogen (secondary N) is 1. The normalized spacial score (nSPS) is 10.6. The SMILES string of the molecule is COC(=O)Cc1csc(NC(=O)/C=C/c2ccc(OC)c(Br)c2)n1. The van der Waals surface area contributed by atoms with Crippen LogP contribution in [0, 0.1) is 0 Å². The highest BCUT2D eigenvalue weighted by Crippen LogP contribution is 2.26. The van der Waals surface area contributed by atoms with Gasteiger partial charge in [-0.05, 0) is 39.7 Å². The van der Waals surface area contributed by atoms with Gasteiger partial charge in [0, 0.05) is 11.5 Å². The Bertz CT molecular complexity index is 773. The van der Waals surface area contributed by atoms with Gasteiger partial charge in [0.05, 0.1) is 30.8 Å². The number of halogens is 1. The first-order valence-corrected chi connectivity index (χ1v) is 8.53. The third-order valence-corrected chi connectivity index (χ3v) is 4.36. The Labute approximate surface area is 151 Å². The Morgan fingerprint density at radius 3 is 2.83 bits per heavy atom. The molecule has 1 N–H and O–H groups in total. The van der Waals surface area contributed by atoms with Crippen LogP contribution in [0.25, 0.3) is 6.08 Å². The summed E-state index contributed by atoms with van der Waals surface area (Å²) in [6, 6.07) is 5.49. The number of benzene rings is 1. The monoisotopic (exact) mass is 410 g/mol. The molecule has 8 heteroatoms. The van der Waals surface area contributed by atoms with E-state index >= 15 is 0 Å². The molecular formula is C16H15BrN2O4S. The van der Waals surface area contributed by atoms with Crippen LogP contribution >= 0.6 is 27.3 Å². The number of methoxy groups -OCH3 is 2. The van der Waals surface area contributed by atoms with Gasteiger partial charge in [-0.25, -0.2) is 4.98 Å². The number of amides is 1. The van der Waals surface area contributed by atoms with Crippen molar-refractivity contribution in [2.45, 2.75) is 6.42 Å². The lowest BCUT2D eigenvalue weighted by Crippen LogP contribution is -2.08. The Kier molecular flexibility index (Phi) is 6.51. The number of hydrogen-bond donors (Lipinski definition) is 1. The van der Waals surface area contributed by atoms with Crippen molar-refractivity contribution in [3.63, 3.8) is 0 Å². The Morgan fingerprint density at radius 2 is 2.17 bits per heavy atom. The highest BCUT2D eigenvalue weighted by atomic mass is 79.9. The van der Waals surface area contributed by atoms with E-state index in [0.29, 0.717) is 10.8 Å². The smallest absolute Gasteiger partial charge is 0.311 e. The van der Waals surface area contributed by atoms with E-state index in [1.54, 1.807) is 18.6 Å². The second kappa shape index (κ2) is 8.60. The predicted molar refractivity (Wildman–Crippen MR) is 96.2 cm³/mol. The molecule has 0 saturated heterocycles. The van der Waals surface area contributed by atoms with Crippen LogP contribution in [0.2, 0.25) is 0 Å². The zero-order chi connectivity index (χ0) is 17.5. The fourth-order valence-electron chi connectivity index (χ4n) is 1.77. The summed E-state index contributed by atoms with van der Waals surface area (Å²) in [4.78, 5) is 27.3. The molecule has 6 nitrogen and oxygen atoms in total. The summed E-state index contributed by atoms with van der Waals surface area (Å²) < 4.78 is 10.5. The largest absolute Gasteiger partial charge is 0.496 e. The van der Waals surface area contributed by atoms with E-state index in [0.717, 1.165) is 15.8 Å². The molecule has 24 heavy (non-hydrogen) atoms. The standard InChI is InChI=1S/C16H15BrN2O4S/c1-22-13-5-3-10(7-12(13)17)4-6-14(20)19-16-18-11(9-24-16)8-15(21)23-2/h3-7,9H,8H2,1-2H3,(H,18,19,20)/b6-4+. The molecule has 0 spiro atoms. The maximum Gasteiger partial charge on any atom is 0.311 e. The molecule has 0 unspecified atom stereocenters. The molecule has 1 aromatic heterocycles. The van der Waals surface area contributed by atoms with Crippen LogP contribution in [-0.2, 0) is 20.7 Å². The molecule has 0 saturated carbocycles. The van der Waals surface area contributed by atoms with Crippen LogP contribution in [0.4, 0.5) is 5.13 Å². The number of nitrogens with zero attached hydrogens (tertiary/aromatic N) is 1. The van der Waals surface area contributed by atoms with Gasteiger partial charge < -0.3 is 9.47 Å². The fourth-order valence-corrected chi connectivity index (χ4v) is 3.04. The number of hydrogen-bond acceptors (Lipinski definition) is 6. The summed E-state index contributed by atoms with van der Waals surface area (Å²) in [7, 11) is 2.91. The first-order chi connectivity index (χ1) is 11.5. The highest BCUT2D eigenvalue weighted by molar-refractivity contribution is 9.10. The van der Waals surface area contributed by atoms with Crippen LogP contribution < -0.4 is 10.1 Å². The van der Waals surface area contributed by atoms with Gasteiger partial charge in [-0.15, -0.1) is 11.3 Å². The number of esters is 1. The number of ether oxygens (including phenoxy) is 2. The van der Waals surface area contributed by atoms with Gasteiger partial charge in [0.15, 0.2) is 5.13 Å². The van der Waals surface area contributed by atoms with Crippen LogP contribution in [0.3, 0.4) is 0 Å². The lowest BCUT2D eigenvalue weighted by molar-refractivity contribution is -0.139. The van der Waals surface area contributed by atoms with Gasteiger partial charge in [-0.3, -0.25) is 14.9 Å². The van der Waals surface area contributed by atoms with Crippen LogP contribution in [-0.4, -0.2) is 31.1 Å². The lowest BCUT2D eigenvalue weighted by Gasteiger charge is -2.03. The van der Waals surface area contributed by atoms with E-state index < -0.39 is 0 Å². The summed E-state index contributed by atoms with van der Waals surface area (Å²) in [5.41, 5.74) is 1.41. The predicted octanol–water partition coefficient (Wildman–Crippen LogP) is 3.28. The topological polar surface area (TPSA) is 77.5 Å². The lowest BCUT2D eigenvalue weighted by atomic mass is 10.2. The summed E-state index contributed by atoms with van der Waals surface area (Å²) in [6.45, 7) is 0. The first-order valence-electron chi connectivity index (χ1n) is 6.85. The summed E-state index contributed by atoms with van der Waals surface area (Å²) >= 11 is 4.64. The molecule has 1 amide bonds. The molecule has 0 fully saturated rings. The van der Waals surface area contributed by atoms with Crippen molar-refractivity contribution in [2.24, 2.45) is 0 Å². The van der Waals surface area contributed by atoms with Crippen molar-refractivity contribution in [3.05, 3.63) is 45.4 Å². The molecule has 0 bridgehead atoms. The average molecular weight is 411 g/mol. The number of carbonyl (C=O) groups excluding carboxylic acids is 2. The number of thiazole rings is 1. The van der Waals surface area contributed by atoms with Crippen LogP contribution in [0.15, 0.2) is 34.1 Å². The average Bonchev–Trinajstić information content (AvgIpc) is 2.99.